The van der Waals surface area contributed by atoms with Crippen molar-refractivity contribution >= 4 is 16.8 Å². The third-order valence-corrected chi connectivity index (χ3v) is 6.52. The molecule has 0 saturated carbocycles. The maximum Gasteiger partial charge on any atom is 0.248 e. The van der Waals surface area contributed by atoms with Gasteiger partial charge in [0.2, 0.25) is 5.91 Å². The molecule has 0 spiro atoms. The van der Waals surface area contributed by atoms with E-state index in [1.54, 1.807) is 0 Å². The minimum Gasteiger partial charge on any atom is -0.366 e. The first-order valence-electron chi connectivity index (χ1n) is 12.1. The highest BCUT2D eigenvalue weighted by atomic mass is 16.1. The Hall–Kier alpha value is -3.40. The van der Waals surface area contributed by atoms with E-state index in [-0.39, 0.29) is 11.5 Å². The van der Waals surface area contributed by atoms with Crippen LogP contribution in [0.25, 0.3) is 22.0 Å². The second-order valence-corrected chi connectivity index (χ2v) is 10.7. The summed E-state index contributed by atoms with van der Waals surface area (Å²) in [5.74, 6) is 0.193. The van der Waals surface area contributed by atoms with Crippen LogP contribution >= 0.6 is 0 Å². The summed E-state index contributed by atoms with van der Waals surface area (Å²) in [5, 5.41) is 6.06. The van der Waals surface area contributed by atoms with E-state index >= 15 is 0 Å². The fourth-order valence-corrected chi connectivity index (χ4v) is 4.36. The van der Waals surface area contributed by atoms with E-state index in [0.29, 0.717) is 11.5 Å². The second kappa shape index (κ2) is 9.46. The number of aromatic nitrogens is 2. The predicted molar refractivity (Wildman–Crippen MR) is 141 cm³/mol. The van der Waals surface area contributed by atoms with Gasteiger partial charge in [0.25, 0.3) is 0 Å². The normalized spacial score (nSPS) is 12.9. The molecule has 0 radical (unpaired) electrons. The molecule has 0 fully saturated rings. The van der Waals surface area contributed by atoms with Crippen molar-refractivity contribution in [3.8, 4) is 11.1 Å². The number of hydrogen-bond acceptors (Lipinski definition) is 2. The standard InChI is InChI=1S/C30H35N3O/c1-20(2)6-17-28(22-7-9-23(10-8-22)29(31)34)33-19-25-18-24(13-16-27(25)32-33)21-11-14-26(15-12-21)30(3,4)5/h7-16,18-20,28H,6,17H2,1-5H3,(H2,31,34). The highest BCUT2D eigenvalue weighted by molar-refractivity contribution is 5.92. The Labute approximate surface area is 202 Å². The Morgan fingerprint density at radius 2 is 1.56 bits per heavy atom. The molecule has 1 unspecified atom stereocenters. The minimum absolute atomic E-state index is 0.103. The Morgan fingerprint density at radius 1 is 0.912 bits per heavy atom. The topological polar surface area (TPSA) is 60.9 Å². The third-order valence-electron chi connectivity index (χ3n) is 6.52. The van der Waals surface area contributed by atoms with Gasteiger partial charge >= 0.3 is 0 Å². The third kappa shape index (κ3) is 5.22. The highest BCUT2D eigenvalue weighted by Gasteiger charge is 2.18. The van der Waals surface area contributed by atoms with Crippen LogP contribution in [0.5, 0.6) is 0 Å². The van der Waals surface area contributed by atoms with E-state index in [1.807, 2.05) is 24.3 Å². The van der Waals surface area contributed by atoms with E-state index in [9.17, 15) is 4.79 Å². The zero-order valence-electron chi connectivity index (χ0n) is 20.9. The van der Waals surface area contributed by atoms with Gasteiger partial charge in [-0.2, -0.15) is 5.10 Å². The fraction of sp³-hybridized carbons (Fsp3) is 0.333. The maximum atomic E-state index is 11.5. The second-order valence-electron chi connectivity index (χ2n) is 10.7. The molecule has 0 aliphatic heterocycles. The van der Waals surface area contributed by atoms with Crippen molar-refractivity contribution in [3.05, 3.63) is 89.6 Å². The lowest BCUT2D eigenvalue weighted by molar-refractivity contribution is 0.1000. The molecule has 4 nitrogen and oxygen atoms in total. The number of rotatable bonds is 7. The summed E-state index contributed by atoms with van der Waals surface area (Å²) in [6.07, 6.45) is 4.21. The van der Waals surface area contributed by atoms with E-state index in [2.05, 4.69) is 88.0 Å². The number of carbonyl (C=O) groups is 1. The molecule has 1 atom stereocenters. The molecular weight excluding hydrogens is 418 g/mol. The molecule has 4 heteroatoms. The molecule has 2 N–H and O–H groups in total. The van der Waals surface area contributed by atoms with Crippen molar-refractivity contribution in [1.29, 1.82) is 0 Å². The summed E-state index contributed by atoms with van der Waals surface area (Å²) < 4.78 is 2.08. The lowest BCUT2D eigenvalue weighted by atomic mass is 9.86. The van der Waals surface area contributed by atoms with Gasteiger partial charge in [-0.05, 0) is 70.7 Å². The molecule has 4 aromatic rings. The molecule has 4 rings (SSSR count). The number of amides is 1. The molecule has 34 heavy (non-hydrogen) atoms. The number of nitrogens with zero attached hydrogens (tertiary/aromatic N) is 2. The van der Waals surface area contributed by atoms with Gasteiger partial charge in [-0.15, -0.1) is 0 Å². The first-order valence-corrected chi connectivity index (χ1v) is 12.1. The largest absolute Gasteiger partial charge is 0.366 e. The van der Waals surface area contributed by atoms with Crippen LogP contribution in [0, 0.1) is 5.92 Å². The van der Waals surface area contributed by atoms with Crippen molar-refractivity contribution in [2.45, 2.75) is 58.9 Å². The zero-order valence-corrected chi connectivity index (χ0v) is 20.9. The van der Waals surface area contributed by atoms with E-state index in [4.69, 9.17) is 10.8 Å². The Kier molecular flexibility index (Phi) is 6.60. The molecule has 1 amide bonds. The van der Waals surface area contributed by atoms with Gasteiger partial charge in [0.05, 0.1) is 11.6 Å². The summed E-state index contributed by atoms with van der Waals surface area (Å²) in [7, 11) is 0. The average Bonchev–Trinajstić information content (AvgIpc) is 3.22. The smallest absolute Gasteiger partial charge is 0.248 e. The number of fused-ring (bicyclic) bond motifs is 1. The van der Waals surface area contributed by atoms with Crippen LogP contribution in [-0.2, 0) is 5.41 Å². The Bertz CT molecular complexity index is 1280. The summed E-state index contributed by atoms with van der Waals surface area (Å²) in [6.45, 7) is 11.2. The first kappa shape index (κ1) is 23.7. The zero-order chi connectivity index (χ0) is 24.5. The monoisotopic (exact) mass is 453 g/mol. The first-order chi connectivity index (χ1) is 16.1. The molecule has 1 aromatic heterocycles. The van der Waals surface area contributed by atoms with Gasteiger partial charge in [-0.3, -0.25) is 9.48 Å². The quantitative estimate of drug-likeness (QED) is 0.324. The van der Waals surface area contributed by atoms with Crippen molar-refractivity contribution in [1.82, 2.24) is 9.78 Å². The Morgan fingerprint density at radius 3 is 2.15 bits per heavy atom. The average molecular weight is 454 g/mol. The van der Waals surface area contributed by atoms with Crippen LogP contribution in [0.4, 0.5) is 0 Å². The van der Waals surface area contributed by atoms with Crippen LogP contribution < -0.4 is 5.73 Å². The summed E-state index contributed by atoms with van der Waals surface area (Å²) in [6, 6.07) is 23.1. The predicted octanol–water partition coefficient (Wildman–Crippen LogP) is 7.13. The molecule has 176 valence electrons. The maximum absolute atomic E-state index is 11.5. The van der Waals surface area contributed by atoms with E-state index < -0.39 is 5.91 Å². The number of benzene rings is 3. The van der Waals surface area contributed by atoms with Crippen LogP contribution in [0.1, 0.15) is 75.0 Å². The molecule has 0 saturated heterocycles. The van der Waals surface area contributed by atoms with E-state index in [0.717, 1.165) is 29.3 Å². The van der Waals surface area contributed by atoms with Gasteiger partial charge in [0.15, 0.2) is 0 Å². The van der Waals surface area contributed by atoms with Gasteiger partial charge in [0.1, 0.15) is 0 Å². The molecule has 1 heterocycles. The molecule has 0 bridgehead atoms. The van der Waals surface area contributed by atoms with Gasteiger partial charge < -0.3 is 5.73 Å². The molecule has 3 aromatic carbocycles. The summed E-state index contributed by atoms with van der Waals surface area (Å²) >= 11 is 0. The SMILES string of the molecule is CC(C)CCC(c1ccc(C(N)=O)cc1)n1cc2cc(-c3ccc(C(C)(C)C)cc3)ccc2n1. The number of carbonyl (C=O) groups excluding carboxylic acids is 1. The van der Waals surface area contributed by atoms with Gasteiger partial charge in [-0.1, -0.05) is 77.1 Å². The number of nitrogens with two attached hydrogens (primary N) is 1. The van der Waals surface area contributed by atoms with Crippen LogP contribution in [0.2, 0.25) is 0 Å². The lowest BCUT2D eigenvalue weighted by Gasteiger charge is -2.19. The fourth-order valence-electron chi connectivity index (χ4n) is 4.36. The van der Waals surface area contributed by atoms with Crippen LogP contribution in [-0.4, -0.2) is 15.7 Å². The summed E-state index contributed by atoms with van der Waals surface area (Å²) in [4.78, 5) is 11.5. The van der Waals surface area contributed by atoms with Crippen LogP contribution in [0.15, 0.2) is 72.9 Å². The lowest BCUT2D eigenvalue weighted by Crippen LogP contribution is -2.14. The molecular formula is C30H35N3O. The van der Waals surface area contributed by atoms with E-state index in [1.165, 1.54) is 16.7 Å². The Balaban J connectivity index is 1.67. The molecule has 0 aliphatic rings. The van der Waals surface area contributed by atoms with Gasteiger partial charge in [-0.25, -0.2) is 0 Å². The minimum atomic E-state index is -0.404. The summed E-state index contributed by atoms with van der Waals surface area (Å²) in [5.41, 5.74) is 12.0. The van der Waals surface area contributed by atoms with Crippen LogP contribution in [0.3, 0.4) is 0 Å². The van der Waals surface area contributed by atoms with Gasteiger partial charge in [0, 0.05) is 17.1 Å². The number of hydrogen-bond donors (Lipinski definition) is 1. The molecule has 0 aliphatic carbocycles. The number of primary amides is 1. The van der Waals surface area contributed by atoms with Crippen molar-refractivity contribution < 1.29 is 4.79 Å². The van der Waals surface area contributed by atoms with Crippen molar-refractivity contribution in [2.75, 3.05) is 0 Å². The highest BCUT2D eigenvalue weighted by Crippen LogP contribution is 2.31. The van der Waals surface area contributed by atoms with Crippen molar-refractivity contribution in [3.63, 3.8) is 0 Å². The van der Waals surface area contributed by atoms with Crippen molar-refractivity contribution in [2.24, 2.45) is 11.7 Å².